The molecule has 3 aromatic rings. The Morgan fingerprint density at radius 2 is 1.81 bits per heavy atom. The van der Waals surface area contributed by atoms with E-state index in [1.54, 1.807) is 42.5 Å². The lowest BCUT2D eigenvalue weighted by molar-refractivity contribution is -0.113. The van der Waals surface area contributed by atoms with Crippen LogP contribution in [0.2, 0.25) is 15.1 Å². The summed E-state index contributed by atoms with van der Waals surface area (Å²) in [5.74, 6) is -0.506. The smallest absolute Gasteiger partial charge is 0.337 e. The summed E-state index contributed by atoms with van der Waals surface area (Å²) < 4.78 is 6.16. The largest absolute Gasteiger partial charge is 0.478 e. The van der Waals surface area contributed by atoms with Crippen molar-refractivity contribution in [3.8, 4) is 11.3 Å². The predicted octanol–water partition coefficient (Wildman–Crippen LogP) is 7.01. The van der Waals surface area contributed by atoms with E-state index in [-0.39, 0.29) is 16.5 Å². The number of thiocarbonyl (C=S) groups is 1. The standard InChI is InChI=1S/C21H10Cl3NO4S2/c22-14-5-2-11(8-16(14)24)25-19(26)18(31-21(25)30)9-12-3-6-17(29-12)10-1-4-13(20(27)28)15(23)7-10/h1-9H,(H,27,28)/b18-9+. The maximum atomic E-state index is 12.9. The molecule has 156 valence electrons. The van der Waals surface area contributed by atoms with Crippen molar-refractivity contribution >= 4 is 86.7 Å². The van der Waals surface area contributed by atoms with Gasteiger partial charge in [0.1, 0.15) is 11.5 Å². The molecule has 0 spiro atoms. The third-order valence-corrected chi connectivity index (χ3v) is 6.69. The Hall–Kier alpha value is -2.29. The molecule has 2 heterocycles. The van der Waals surface area contributed by atoms with Gasteiger partial charge in [-0.3, -0.25) is 9.69 Å². The Balaban J connectivity index is 1.60. The molecule has 5 nitrogen and oxygen atoms in total. The van der Waals surface area contributed by atoms with Gasteiger partial charge in [0.2, 0.25) is 0 Å². The molecule has 0 atom stereocenters. The van der Waals surface area contributed by atoms with Crippen molar-refractivity contribution in [3.63, 3.8) is 0 Å². The number of anilines is 1. The van der Waals surface area contributed by atoms with Gasteiger partial charge in [0.25, 0.3) is 5.91 Å². The summed E-state index contributed by atoms with van der Waals surface area (Å²) in [5.41, 5.74) is 1.13. The molecule has 1 saturated heterocycles. The van der Waals surface area contributed by atoms with Crippen LogP contribution in [0.4, 0.5) is 5.69 Å². The zero-order valence-corrected chi connectivity index (χ0v) is 19.2. The quantitative estimate of drug-likeness (QED) is 0.301. The highest BCUT2D eigenvalue weighted by Gasteiger charge is 2.33. The molecule has 0 bridgehead atoms. The Kier molecular flexibility index (Phi) is 6.14. The van der Waals surface area contributed by atoms with E-state index in [1.165, 1.54) is 17.0 Å². The Morgan fingerprint density at radius 1 is 1.03 bits per heavy atom. The van der Waals surface area contributed by atoms with Crippen LogP contribution in [0.15, 0.2) is 57.9 Å². The van der Waals surface area contributed by atoms with E-state index in [0.29, 0.717) is 42.0 Å². The first-order valence-electron chi connectivity index (χ1n) is 8.60. The summed E-state index contributed by atoms with van der Waals surface area (Å²) in [6, 6.07) is 12.8. The molecule has 0 saturated carbocycles. The fourth-order valence-corrected chi connectivity index (χ4v) is 4.70. The number of benzene rings is 2. The van der Waals surface area contributed by atoms with Crippen molar-refractivity contribution < 1.29 is 19.1 Å². The van der Waals surface area contributed by atoms with Crippen molar-refractivity contribution in [1.29, 1.82) is 0 Å². The summed E-state index contributed by atoms with van der Waals surface area (Å²) in [6.45, 7) is 0. The molecule has 1 N–H and O–H groups in total. The summed E-state index contributed by atoms with van der Waals surface area (Å²) in [7, 11) is 0. The van der Waals surface area contributed by atoms with Gasteiger partial charge in [0.15, 0.2) is 4.32 Å². The van der Waals surface area contributed by atoms with Crippen LogP contribution in [0.1, 0.15) is 16.1 Å². The molecule has 1 aliphatic heterocycles. The molecule has 1 amide bonds. The highest BCUT2D eigenvalue weighted by atomic mass is 35.5. The highest BCUT2D eigenvalue weighted by molar-refractivity contribution is 8.27. The molecular weight excluding hydrogens is 501 g/mol. The molecule has 1 aliphatic rings. The van der Waals surface area contributed by atoms with Gasteiger partial charge >= 0.3 is 5.97 Å². The number of rotatable bonds is 4. The van der Waals surface area contributed by atoms with Gasteiger partial charge in [-0.05, 0) is 42.5 Å². The topological polar surface area (TPSA) is 70.8 Å². The molecule has 2 aromatic carbocycles. The number of carbonyl (C=O) groups excluding carboxylic acids is 1. The van der Waals surface area contributed by atoms with Crippen LogP contribution < -0.4 is 4.90 Å². The molecule has 10 heteroatoms. The van der Waals surface area contributed by atoms with Crippen molar-refractivity contribution in [2.75, 3.05) is 4.90 Å². The minimum Gasteiger partial charge on any atom is -0.478 e. The second kappa shape index (κ2) is 8.68. The number of furan rings is 1. The third kappa shape index (κ3) is 4.37. The third-order valence-electron chi connectivity index (χ3n) is 4.34. The zero-order chi connectivity index (χ0) is 22.3. The maximum absolute atomic E-state index is 12.9. The van der Waals surface area contributed by atoms with Gasteiger partial charge in [-0.1, -0.05) is 64.8 Å². The van der Waals surface area contributed by atoms with E-state index in [2.05, 4.69) is 0 Å². The average Bonchev–Trinajstić information content (AvgIpc) is 3.28. The number of carboxylic acid groups (broad SMARTS) is 1. The van der Waals surface area contributed by atoms with E-state index in [0.717, 1.165) is 11.8 Å². The van der Waals surface area contributed by atoms with Crippen LogP contribution in [0.3, 0.4) is 0 Å². The first kappa shape index (κ1) is 21.9. The molecule has 1 aromatic heterocycles. The van der Waals surface area contributed by atoms with Gasteiger partial charge in [0.05, 0.1) is 31.2 Å². The van der Waals surface area contributed by atoms with Crippen LogP contribution in [0.5, 0.6) is 0 Å². The van der Waals surface area contributed by atoms with Crippen molar-refractivity contribution in [2.24, 2.45) is 0 Å². The lowest BCUT2D eigenvalue weighted by Gasteiger charge is -2.15. The fourth-order valence-electron chi connectivity index (χ4n) is 2.87. The Morgan fingerprint density at radius 3 is 2.48 bits per heavy atom. The van der Waals surface area contributed by atoms with E-state index < -0.39 is 5.97 Å². The van der Waals surface area contributed by atoms with Crippen molar-refractivity contribution in [2.45, 2.75) is 0 Å². The van der Waals surface area contributed by atoms with E-state index in [9.17, 15) is 9.59 Å². The number of carboxylic acids is 1. The molecule has 0 radical (unpaired) electrons. The monoisotopic (exact) mass is 509 g/mol. The molecule has 4 rings (SSSR count). The number of halogens is 3. The van der Waals surface area contributed by atoms with E-state index in [4.69, 9.17) is 56.5 Å². The normalized spacial score (nSPS) is 15.2. The van der Waals surface area contributed by atoms with Gasteiger partial charge < -0.3 is 9.52 Å². The number of hydrogen-bond acceptors (Lipinski definition) is 5. The fraction of sp³-hybridized carbons (Fsp3) is 0. The lowest BCUT2D eigenvalue weighted by Crippen LogP contribution is -2.27. The molecule has 1 fully saturated rings. The van der Waals surface area contributed by atoms with Crippen LogP contribution in [0.25, 0.3) is 17.4 Å². The van der Waals surface area contributed by atoms with Crippen LogP contribution in [-0.4, -0.2) is 21.3 Å². The van der Waals surface area contributed by atoms with Crippen LogP contribution in [0, 0.1) is 0 Å². The summed E-state index contributed by atoms with van der Waals surface area (Å²) in [6.07, 6.45) is 1.59. The number of aromatic carboxylic acids is 1. The summed E-state index contributed by atoms with van der Waals surface area (Å²) in [5, 5.41) is 9.89. The van der Waals surface area contributed by atoms with Crippen molar-refractivity contribution in [3.05, 3.63) is 79.8 Å². The number of thioether (sulfide) groups is 1. The first-order valence-corrected chi connectivity index (χ1v) is 11.0. The first-order chi connectivity index (χ1) is 14.7. The Bertz CT molecular complexity index is 1290. The van der Waals surface area contributed by atoms with Crippen LogP contribution >= 0.6 is 58.8 Å². The molecule has 0 unspecified atom stereocenters. The number of nitrogens with zero attached hydrogens (tertiary/aromatic N) is 1. The van der Waals surface area contributed by atoms with Gasteiger partial charge in [0, 0.05) is 11.6 Å². The van der Waals surface area contributed by atoms with E-state index in [1.807, 2.05) is 0 Å². The van der Waals surface area contributed by atoms with Crippen molar-refractivity contribution in [1.82, 2.24) is 0 Å². The molecule has 31 heavy (non-hydrogen) atoms. The van der Waals surface area contributed by atoms with Crippen LogP contribution in [-0.2, 0) is 4.79 Å². The average molecular weight is 511 g/mol. The molecular formula is C21H10Cl3NO4S2. The van der Waals surface area contributed by atoms with E-state index >= 15 is 0 Å². The lowest BCUT2D eigenvalue weighted by atomic mass is 10.1. The summed E-state index contributed by atoms with van der Waals surface area (Å²) in [4.78, 5) is 25.8. The SMILES string of the molecule is O=C(O)c1ccc(-c2ccc(/C=C3/SC(=S)N(c4ccc(Cl)c(Cl)c4)C3=O)o2)cc1Cl. The van der Waals surface area contributed by atoms with Gasteiger partial charge in [-0.15, -0.1) is 0 Å². The number of hydrogen-bond donors (Lipinski definition) is 1. The maximum Gasteiger partial charge on any atom is 0.337 e. The van der Waals surface area contributed by atoms with Gasteiger partial charge in [-0.25, -0.2) is 4.79 Å². The Labute approximate surface area is 201 Å². The summed E-state index contributed by atoms with van der Waals surface area (Å²) >= 11 is 24.5. The van der Waals surface area contributed by atoms with Gasteiger partial charge in [-0.2, -0.15) is 0 Å². The minimum absolute atomic E-state index is 0.00294. The molecule has 0 aliphatic carbocycles. The zero-order valence-electron chi connectivity index (χ0n) is 15.3. The highest BCUT2D eigenvalue weighted by Crippen LogP contribution is 2.38. The number of carbonyl (C=O) groups is 2. The number of amides is 1. The second-order valence-electron chi connectivity index (χ2n) is 6.32. The second-order valence-corrected chi connectivity index (χ2v) is 9.21. The minimum atomic E-state index is -1.11. The predicted molar refractivity (Wildman–Crippen MR) is 128 cm³/mol.